The lowest BCUT2D eigenvalue weighted by Crippen LogP contribution is -2.23. The Kier molecular flexibility index (Phi) is 7.22. The molecular formula is C12H18BrClN2OS. The third-order valence-corrected chi connectivity index (χ3v) is 4.65. The van der Waals surface area contributed by atoms with Crippen LogP contribution >= 0.6 is 39.7 Å². The largest absolute Gasteiger partial charge is 0.351 e. The van der Waals surface area contributed by atoms with Crippen molar-refractivity contribution < 1.29 is 4.79 Å². The molecule has 3 nitrogen and oxygen atoms in total. The Morgan fingerprint density at radius 2 is 2.39 bits per heavy atom. The highest BCUT2D eigenvalue weighted by Gasteiger charge is 2.15. The van der Waals surface area contributed by atoms with E-state index in [4.69, 9.17) is 0 Å². The lowest BCUT2D eigenvalue weighted by Gasteiger charge is -2.07. The Balaban J connectivity index is 0.00000162. The molecule has 1 aliphatic heterocycles. The molecule has 1 amide bonds. The van der Waals surface area contributed by atoms with Gasteiger partial charge in [-0.1, -0.05) is 0 Å². The standard InChI is InChI=1S/C12H17BrN2OS.ClH/c13-11-3-2-10(17-11)8-15-12(16)4-1-9-5-6-14-7-9;/h2-3,9,14H,1,4-8H2,(H,15,16);1H. The first-order valence-electron chi connectivity index (χ1n) is 5.95. The van der Waals surface area contributed by atoms with Crippen LogP contribution in [0, 0.1) is 5.92 Å². The second-order valence-electron chi connectivity index (χ2n) is 4.38. The summed E-state index contributed by atoms with van der Waals surface area (Å²) < 4.78 is 1.11. The summed E-state index contributed by atoms with van der Waals surface area (Å²) in [5.41, 5.74) is 0. The molecule has 0 aliphatic carbocycles. The summed E-state index contributed by atoms with van der Waals surface area (Å²) in [6.07, 6.45) is 2.87. The summed E-state index contributed by atoms with van der Waals surface area (Å²) in [6, 6.07) is 4.05. The minimum Gasteiger partial charge on any atom is -0.351 e. The van der Waals surface area contributed by atoms with Gasteiger partial charge >= 0.3 is 0 Å². The lowest BCUT2D eigenvalue weighted by atomic mass is 10.0. The molecule has 1 unspecified atom stereocenters. The number of hydrogen-bond donors (Lipinski definition) is 2. The molecule has 2 heterocycles. The first-order valence-corrected chi connectivity index (χ1v) is 7.56. The van der Waals surface area contributed by atoms with Crippen molar-refractivity contribution in [1.82, 2.24) is 10.6 Å². The van der Waals surface area contributed by atoms with Gasteiger partial charge in [-0.05, 0) is 59.9 Å². The van der Waals surface area contributed by atoms with Crippen LogP contribution in [0.2, 0.25) is 0 Å². The van der Waals surface area contributed by atoms with Gasteiger partial charge in [-0.25, -0.2) is 0 Å². The molecule has 0 bridgehead atoms. The summed E-state index contributed by atoms with van der Waals surface area (Å²) in [7, 11) is 0. The van der Waals surface area contributed by atoms with Gasteiger partial charge in [0.15, 0.2) is 0 Å². The molecule has 0 radical (unpaired) electrons. The fraction of sp³-hybridized carbons (Fsp3) is 0.583. The maximum absolute atomic E-state index is 11.6. The van der Waals surface area contributed by atoms with E-state index in [1.165, 1.54) is 11.3 Å². The summed E-state index contributed by atoms with van der Waals surface area (Å²) in [5, 5.41) is 6.29. The van der Waals surface area contributed by atoms with E-state index in [0.717, 1.165) is 23.3 Å². The van der Waals surface area contributed by atoms with Crippen molar-refractivity contribution in [2.24, 2.45) is 5.92 Å². The van der Waals surface area contributed by atoms with Gasteiger partial charge in [0.1, 0.15) is 0 Å². The lowest BCUT2D eigenvalue weighted by molar-refractivity contribution is -0.121. The highest BCUT2D eigenvalue weighted by Crippen LogP contribution is 2.21. The van der Waals surface area contributed by atoms with E-state index >= 15 is 0 Å². The normalized spacial score (nSPS) is 18.4. The van der Waals surface area contributed by atoms with Crippen LogP contribution in [-0.2, 0) is 11.3 Å². The second kappa shape index (κ2) is 8.15. The second-order valence-corrected chi connectivity index (χ2v) is 6.93. The van der Waals surface area contributed by atoms with Crippen LogP contribution in [0.1, 0.15) is 24.1 Å². The Morgan fingerprint density at radius 1 is 1.56 bits per heavy atom. The number of carbonyl (C=O) groups is 1. The molecule has 1 aromatic heterocycles. The number of hydrogen-bond acceptors (Lipinski definition) is 3. The zero-order valence-electron chi connectivity index (χ0n) is 10.1. The molecule has 1 aromatic rings. The van der Waals surface area contributed by atoms with E-state index < -0.39 is 0 Å². The van der Waals surface area contributed by atoms with Crippen LogP contribution in [0.25, 0.3) is 0 Å². The fourth-order valence-corrected chi connectivity index (χ4v) is 3.44. The van der Waals surface area contributed by atoms with Gasteiger partial charge in [0.05, 0.1) is 10.3 Å². The topological polar surface area (TPSA) is 41.1 Å². The Hall–Kier alpha value is -0.100. The minimum atomic E-state index is 0. The van der Waals surface area contributed by atoms with Crippen molar-refractivity contribution in [3.05, 3.63) is 20.8 Å². The molecule has 0 aromatic carbocycles. The molecule has 6 heteroatoms. The zero-order valence-corrected chi connectivity index (χ0v) is 13.3. The summed E-state index contributed by atoms with van der Waals surface area (Å²) >= 11 is 5.08. The van der Waals surface area contributed by atoms with Crippen molar-refractivity contribution in [3.63, 3.8) is 0 Å². The first kappa shape index (κ1) is 16.0. The van der Waals surface area contributed by atoms with Gasteiger partial charge in [-0.2, -0.15) is 0 Å². The molecule has 102 valence electrons. The average Bonchev–Trinajstić information content (AvgIpc) is 2.95. The number of thiophene rings is 1. The van der Waals surface area contributed by atoms with E-state index in [0.29, 0.717) is 18.9 Å². The van der Waals surface area contributed by atoms with Crippen LogP contribution in [0.3, 0.4) is 0 Å². The summed E-state index contributed by atoms with van der Waals surface area (Å²) in [4.78, 5) is 12.8. The number of rotatable bonds is 5. The molecule has 0 saturated carbocycles. The molecule has 1 saturated heterocycles. The number of halogens is 2. The van der Waals surface area contributed by atoms with Gasteiger partial charge in [0, 0.05) is 11.3 Å². The van der Waals surface area contributed by atoms with Crippen molar-refractivity contribution in [2.45, 2.75) is 25.8 Å². The predicted molar refractivity (Wildman–Crippen MR) is 81.3 cm³/mol. The highest BCUT2D eigenvalue weighted by molar-refractivity contribution is 9.11. The maximum atomic E-state index is 11.6. The van der Waals surface area contributed by atoms with E-state index in [1.54, 1.807) is 11.3 Å². The van der Waals surface area contributed by atoms with Crippen LogP contribution < -0.4 is 10.6 Å². The smallest absolute Gasteiger partial charge is 0.220 e. The molecule has 1 aliphatic rings. The molecule has 0 spiro atoms. The van der Waals surface area contributed by atoms with Gasteiger partial charge in [0.2, 0.25) is 5.91 Å². The van der Waals surface area contributed by atoms with Crippen LogP contribution in [0.5, 0.6) is 0 Å². The van der Waals surface area contributed by atoms with Crippen molar-refractivity contribution in [1.29, 1.82) is 0 Å². The zero-order chi connectivity index (χ0) is 12.1. The molecular weight excluding hydrogens is 336 g/mol. The maximum Gasteiger partial charge on any atom is 0.220 e. The number of amides is 1. The monoisotopic (exact) mass is 352 g/mol. The summed E-state index contributed by atoms with van der Waals surface area (Å²) in [5.74, 6) is 0.859. The van der Waals surface area contributed by atoms with Gasteiger partial charge in [0.25, 0.3) is 0 Å². The third-order valence-electron chi connectivity index (χ3n) is 3.03. The Labute approximate surface area is 126 Å². The number of carbonyl (C=O) groups excluding carboxylic acids is 1. The van der Waals surface area contributed by atoms with E-state index in [-0.39, 0.29) is 18.3 Å². The van der Waals surface area contributed by atoms with Crippen LogP contribution in [0.15, 0.2) is 15.9 Å². The van der Waals surface area contributed by atoms with Crippen molar-refractivity contribution >= 4 is 45.6 Å². The van der Waals surface area contributed by atoms with Crippen LogP contribution in [-0.4, -0.2) is 19.0 Å². The van der Waals surface area contributed by atoms with Crippen molar-refractivity contribution in [3.8, 4) is 0 Å². The van der Waals surface area contributed by atoms with Gasteiger partial charge in [-0.3, -0.25) is 4.79 Å². The van der Waals surface area contributed by atoms with Gasteiger partial charge < -0.3 is 10.6 Å². The Morgan fingerprint density at radius 3 is 3.00 bits per heavy atom. The fourth-order valence-electron chi connectivity index (χ4n) is 2.02. The molecule has 1 atom stereocenters. The predicted octanol–water partition coefficient (Wildman–Crippen LogP) is 2.94. The molecule has 18 heavy (non-hydrogen) atoms. The first-order chi connectivity index (χ1) is 8.24. The summed E-state index contributed by atoms with van der Waals surface area (Å²) in [6.45, 7) is 2.83. The van der Waals surface area contributed by atoms with Crippen molar-refractivity contribution in [2.75, 3.05) is 13.1 Å². The molecule has 2 rings (SSSR count). The van der Waals surface area contributed by atoms with Crippen LogP contribution in [0.4, 0.5) is 0 Å². The number of nitrogens with one attached hydrogen (secondary N) is 2. The van der Waals surface area contributed by atoms with E-state index in [1.807, 2.05) is 12.1 Å². The highest BCUT2D eigenvalue weighted by atomic mass is 79.9. The molecule has 1 fully saturated rings. The molecule has 2 N–H and O–H groups in total. The minimum absolute atomic E-state index is 0. The third kappa shape index (κ3) is 5.26. The Bertz CT molecular complexity index is 380. The SMILES string of the molecule is Cl.O=C(CCC1CCNC1)NCc1ccc(Br)s1. The average molecular weight is 354 g/mol. The van der Waals surface area contributed by atoms with Gasteiger partial charge in [-0.15, -0.1) is 23.7 Å². The van der Waals surface area contributed by atoms with E-state index in [2.05, 4.69) is 26.6 Å². The quantitative estimate of drug-likeness (QED) is 0.854. The van der Waals surface area contributed by atoms with E-state index in [9.17, 15) is 4.79 Å².